The Hall–Kier alpha value is -0.870. The molecule has 1 aromatic rings. The van der Waals surface area contributed by atoms with E-state index in [9.17, 15) is 13.2 Å². The Morgan fingerprint density at radius 3 is 2.61 bits per heavy atom. The molecule has 2 atom stereocenters. The number of halogens is 1. The van der Waals surface area contributed by atoms with Gasteiger partial charge in [-0.1, -0.05) is 31.4 Å². The molecule has 2 heterocycles. The summed E-state index contributed by atoms with van der Waals surface area (Å²) in [5.74, 6) is 0.581. The van der Waals surface area contributed by atoms with E-state index in [2.05, 4.69) is 12.2 Å². The molecule has 1 aromatic heterocycles. The van der Waals surface area contributed by atoms with Gasteiger partial charge in [-0.05, 0) is 30.9 Å². The van der Waals surface area contributed by atoms with Gasteiger partial charge < -0.3 is 15.0 Å². The predicted molar refractivity (Wildman–Crippen MR) is 110 cm³/mol. The van der Waals surface area contributed by atoms with Gasteiger partial charge in [-0.3, -0.25) is 0 Å². The summed E-state index contributed by atoms with van der Waals surface area (Å²) in [4.78, 5) is 14.0. The number of piperazine rings is 1. The van der Waals surface area contributed by atoms with Crippen molar-refractivity contribution >= 4 is 39.0 Å². The summed E-state index contributed by atoms with van der Waals surface area (Å²) in [6.45, 7) is 4.49. The number of hydrogen-bond acceptors (Lipinski definition) is 5. The fraction of sp³-hybridized carbons (Fsp3) is 0.722. The number of carbonyl (C=O) groups excluding carboxylic acids is 1. The normalized spacial score (nSPS) is 24.3. The van der Waals surface area contributed by atoms with E-state index in [1.54, 1.807) is 11.0 Å². The van der Waals surface area contributed by atoms with E-state index in [4.69, 9.17) is 16.3 Å². The highest BCUT2D eigenvalue weighted by Gasteiger charge is 2.31. The molecule has 158 valence electrons. The second-order valence-electron chi connectivity index (χ2n) is 7.35. The van der Waals surface area contributed by atoms with Crippen LogP contribution in [0.4, 0.5) is 4.79 Å². The molecule has 1 saturated carbocycles. The quantitative estimate of drug-likeness (QED) is 0.677. The van der Waals surface area contributed by atoms with Crippen molar-refractivity contribution in [1.82, 2.24) is 14.5 Å². The molecule has 10 heteroatoms. The molecular formula is C18H28ClN3O4S2. The zero-order chi connectivity index (χ0) is 20.1. The standard InChI is InChI=1S/C18H28ClN3O4S2/c1-14-4-2-3-5-15(14)26-13-8-20-18(23)21-9-11-22(12-10-21)28(24,25)17-7-6-16(19)27-17/h6-7,14-15H,2-5,8-13H2,1H3,(H,20,23). The van der Waals surface area contributed by atoms with Crippen LogP contribution in [0.25, 0.3) is 0 Å². The zero-order valence-electron chi connectivity index (χ0n) is 16.1. The van der Waals surface area contributed by atoms with E-state index in [1.165, 1.54) is 29.6 Å². The van der Waals surface area contributed by atoms with E-state index in [-0.39, 0.29) is 23.3 Å². The lowest BCUT2D eigenvalue weighted by molar-refractivity contribution is -0.00277. The molecular weight excluding hydrogens is 422 g/mol. The molecule has 1 N–H and O–H groups in total. The molecule has 1 aliphatic heterocycles. The number of urea groups is 1. The van der Waals surface area contributed by atoms with E-state index in [1.807, 2.05) is 0 Å². The van der Waals surface area contributed by atoms with Gasteiger partial charge in [-0.15, -0.1) is 11.3 Å². The molecule has 2 fully saturated rings. The van der Waals surface area contributed by atoms with Crippen LogP contribution >= 0.6 is 22.9 Å². The Kier molecular flexibility index (Phi) is 7.60. The molecule has 0 spiro atoms. The van der Waals surface area contributed by atoms with Crippen LogP contribution in [0, 0.1) is 5.92 Å². The Balaban J connectivity index is 1.39. The smallest absolute Gasteiger partial charge is 0.317 e. The summed E-state index contributed by atoms with van der Waals surface area (Å²) in [7, 11) is -3.54. The van der Waals surface area contributed by atoms with Crippen molar-refractivity contribution in [3.63, 3.8) is 0 Å². The number of ether oxygens (including phenoxy) is 1. The Bertz CT molecular complexity index is 763. The molecule has 0 aromatic carbocycles. The number of amides is 2. The van der Waals surface area contributed by atoms with Crippen molar-refractivity contribution in [3.8, 4) is 0 Å². The fourth-order valence-electron chi connectivity index (χ4n) is 3.71. The van der Waals surface area contributed by atoms with Gasteiger partial charge in [0.2, 0.25) is 0 Å². The zero-order valence-corrected chi connectivity index (χ0v) is 18.5. The molecule has 3 rings (SSSR count). The SMILES string of the molecule is CC1CCCCC1OCCNC(=O)N1CCN(S(=O)(=O)c2ccc(Cl)s2)CC1. The Labute approximate surface area is 176 Å². The average molecular weight is 450 g/mol. The van der Waals surface area contributed by atoms with Crippen LogP contribution in [-0.2, 0) is 14.8 Å². The number of hydrogen-bond donors (Lipinski definition) is 1. The van der Waals surface area contributed by atoms with Crippen LogP contribution in [0.15, 0.2) is 16.3 Å². The first kappa shape index (κ1) is 21.8. The maximum Gasteiger partial charge on any atom is 0.317 e. The number of thiophene rings is 1. The first-order valence-corrected chi connectivity index (χ1v) is 12.4. The molecule has 28 heavy (non-hydrogen) atoms. The predicted octanol–water partition coefficient (Wildman–Crippen LogP) is 3.01. The van der Waals surface area contributed by atoms with Crippen molar-refractivity contribution in [2.45, 2.75) is 42.9 Å². The van der Waals surface area contributed by atoms with Gasteiger partial charge in [0.05, 0.1) is 17.0 Å². The maximum absolute atomic E-state index is 12.6. The van der Waals surface area contributed by atoms with Gasteiger partial charge in [0.1, 0.15) is 4.21 Å². The van der Waals surface area contributed by atoms with Gasteiger partial charge in [-0.2, -0.15) is 4.31 Å². The number of carbonyl (C=O) groups is 1. The van der Waals surface area contributed by atoms with E-state index in [0.29, 0.717) is 42.6 Å². The number of sulfonamides is 1. The van der Waals surface area contributed by atoms with Crippen molar-refractivity contribution < 1.29 is 17.9 Å². The number of nitrogens with zero attached hydrogens (tertiary/aromatic N) is 2. The van der Waals surface area contributed by atoms with E-state index >= 15 is 0 Å². The Morgan fingerprint density at radius 2 is 1.96 bits per heavy atom. The third kappa shape index (κ3) is 5.38. The van der Waals surface area contributed by atoms with Crippen molar-refractivity contribution in [3.05, 3.63) is 16.5 Å². The molecule has 2 amide bonds. The summed E-state index contributed by atoms with van der Waals surface area (Å²) < 4.78 is 33.2. The fourth-order valence-corrected chi connectivity index (χ4v) is 6.76. The minimum Gasteiger partial charge on any atom is -0.376 e. The van der Waals surface area contributed by atoms with Crippen molar-refractivity contribution in [2.75, 3.05) is 39.3 Å². The molecule has 2 aliphatic rings. The highest BCUT2D eigenvalue weighted by molar-refractivity contribution is 7.91. The molecule has 0 bridgehead atoms. The average Bonchev–Trinajstić information content (AvgIpc) is 3.14. The lowest BCUT2D eigenvalue weighted by Gasteiger charge is -2.33. The van der Waals surface area contributed by atoms with Gasteiger partial charge in [0, 0.05) is 32.7 Å². The molecule has 2 unspecified atom stereocenters. The first-order valence-electron chi connectivity index (χ1n) is 9.78. The first-order chi connectivity index (χ1) is 13.4. The molecule has 7 nitrogen and oxygen atoms in total. The molecule has 1 saturated heterocycles. The van der Waals surface area contributed by atoms with Crippen LogP contribution in [0.5, 0.6) is 0 Å². The Morgan fingerprint density at radius 1 is 1.25 bits per heavy atom. The van der Waals surface area contributed by atoms with E-state index in [0.717, 1.165) is 17.8 Å². The minimum atomic E-state index is -3.54. The number of rotatable bonds is 6. The van der Waals surface area contributed by atoms with Crippen LogP contribution in [0.2, 0.25) is 4.34 Å². The van der Waals surface area contributed by atoms with Crippen LogP contribution in [-0.4, -0.2) is 69.1 Å². The second kappa shape index (κ2) is 9.75. The van der Waals surface area contributed by atoms with Gasteiger partial charge >= 0.3 is 6.03 Å². The molecule has 1 aliphatic carbocycles. The van der Waals surface area contributed by atoms with Gasteiger partial charge in [0.25, 0.3) is 10.0 Å². The lowest BCUT2D eigenvalue weighted by Crippen LogP contribution is -2.53. The largest absolute Gasteiger partial charge is 0.376 e. The topological polar surface area (TPSA) is 79.0 Å². The third-order valence-corrected chi connectivity index (χ3v) is 9.01. The van der Waals surface area contributed by atoms with Crippen LogP contribution in [0.3, 0.4) is 0 Å². The summed E-state index contributed by atoms with van der Waals surface area (Å²) >= 11 is 6.90. The number of nitrogens with one attached hydrogen (secondary N) is 1. The highest BCUT2D eigenvalue weighted by atomic mass is 35.5. The second-order valence-corrected chi connectivity index (χ2v) is 11.2. The van der Waals surface area contributed by atoms with Crippen LogP contribution < -0.4 is 5.32 Å². The highest BCUT2D eigenvalue weighted by Crippen LogP contribution is 2.28. The van der Waals surface area contributed by atoms with Gasteiger partial charge in [0.15, 0.2) is 0 Å². The maximum atomic E-state index is 12.6. The third-order valence-electron chi connectivity index (χ3n) is 5.41. The van der Waals surface area contributed by atoms with Crippen molar-refractivity contribution in [1.29, 1.82) is 0 Å². The van der Waals surface area contributed by atoms with Crippen molar-refractivity contribution in [2.24, 2.45) is 5.92 Å². The summed E-state index contributed by atoms with van der Waals surface area (Å²) in [6.07, 6.45) is 5.10. The molecule has 0 radical (unpaired) electrons. The summed E-state index contributed by atoms with van der Waals surface area (Å²) in [5, 5.41) is 2.87. The van der Waals surface area contributed by atoms with E-state index < -0.39 is 10.0 Å². The summed E-state index contributed by atoms with van der Waals surface area (Å²) in [6, 6.07) is 2.93. The monoisotopic (exact) mass is 449 g/mol. The minimum absolute atomic E-state index is 0.170. The van der Waals surface area contributed by atoms with Gasteiger partial charge in [-0.25, -0.2) is 13.2 Å². The van der Waals surface area contributed by atoms with Crippen LogP contribution in [0.1, 0.15) is 32.6 Å². The summed E-state index contributed by atoms with van der Waals surface area (Å²) in [5.41, 5.74) is 0. The lowest BCUT2D eigenvalue weighted by atomic mass is 9.88.